The van der Waals surface area contributed by atoms with E-state index in [9.17, 15) is 17.2 Å². The number of sulfone groups is 1. The average Bonchev–Trinajstić information content (AvgIpc) is 2.41. The van der Waals surface area contributed by atoms with Crippen molar-refractivity contribution in [3.8, 4) is 0 Å². The molecular weight excluding hydrogens is 174 g/mol. The Hall–Kier alpha value is -0.190. The Morgan fingerprint density at radius 1 is 1.18 bits per heavy atom. The van der Waals surface area contributed by atoms with E-state index in [1.807, 2.05) is 0 Å². The monoisotopic (exact) mass is 184 g/mol. The van der Waals surface area contributed by atoms with Crippen LogP contribution >= 0.6 is 0 Å². The Morgan fingerprint density at radius 2 is 1.55 bits per heavy atom. The van der Waals surface area contributed by atoms with E-state index in [2.05, 4.69) is 0 Å². The highest BCUT2D eigenvalue weighted by Crippen LogP contribution is 2.38. The van der Waals surface area contributed by atoms with Gasteiger partial charge < -0.3 is 0 Å². The lowest BCUT2D eigenvalue weighted by molar-refractivity contribution is 0.372. The van der Waals surface area contributed by atoms with Gasteiger partial charge in [-0.25, -0.2) is 17.2 Å². The third-order valence-corrected chi connectivity index (χ3v) is 4.42. The maximum absolute atomic E-state index is 12.3. The molecule has 0 aromatic rings. The van der Waals surface area contributed by atoms with E-state index in [1.54, 1.807) is 0 Å². The van der Waals surface area contributed by atoms with Crippen LogP contribution in [0.5, 0.6) is 0 Å². The van der Waals surface area contributed by atoms with Gasteiger partial charge in [0, 0.05) is 0 Å². The summed E-state index contributed by atoms with van der Waals surface area (Å²) in [7, 11) is -3.55. The fraction of sp³-hybridized carbons (Fsp3) is 1.00. The van der Waals surface area contributed by atoms with Gasteiger partial charge in [0.15, 0.2) is 22.2 Å². The molecule has 0 heterocycles. The summed E-state index contributed by atoms with van der Waals surface area (Å²) in [6.07, 6.45) is -3.58. The van der Waals surface area contributed by atoms with Crippen LogP contribution in [0.25, 0.3) is 0 Å². The summed E-state index contributed by atoms with van der Waals surface area (Å²) < 4.78 is 46.6. The van der Waals surface area contributed by atoms with Crippen LogP contribution < -0.4 is 0 Å². The second-order valence-electron chi connectivity index (χ2n) is 2.99. The maximum Gasteiger partial charge on any atom is 0.161 e. The molecule has 2 unspecified atom stereocenters. The predicted molar refractivity (Wildman–Crippen MR) is 37.6 cm³/mol. The highest BCUT2D eigenvalue weighted by molar-refractivity contribution is 7.93. The van der Waals surface area contributed by atoms with Crippen molar-refractivity contribution >= 4 is 9.84 Å². The Labute approximate surface area is 64.5 Å². The normalized spacial score (nSPS) is 37.7. The number of halogens is 2. The molecule has 5 heteroatoms. The summed E-state index contributed by atoms with van der Waals surface area (Å²) in [6.45, 7) is 2.85. The van der Waals surface area contributed by atoms with Gasteiger partial charge in [0.05, 0.1) is 5.25 Å². The third-order valence-electron chi connectivity index (χ3n) is 1.83. The van der Waals surface area contributed by atoms with E-state index in [0.717, 1.165) is 0 Å². The van der Waals surface area contributed by atoms with Gasteiger partial charge in [-0.3, -0.25) is 0 Å². The van der Waals surface area contributed by atoms with Crippen molar-refractivity contribution in [1.29, 1.82) is 0 Å². The lowest BCUT2D eigenvalue weighted by Crippen LogP contribution is -2.21. The van der Waals surface area contributed by atoms with Crippen molar-refractivity contribution in [3.63, 3.8) is 0 Å². The van der Waals surface area contributed by atoms with E-state index >= 15 is 0 Å². The van der Waals surface area contributed by atoms with E-state index in [1.165, 1.54) is 13.8 Å². The highest BCUT2D eigenvalue weighted by atomic mass is 32.2. The number of rotatable bonds is 2. The maximum atomic E-state index is 12.3. The number of hydrogen-bond acceptors (Lipinski definition) is 2. The van der Waals surface area contributed by atoms with Crippen LogP contribution in [0.3, 0.4) is 0 Å². The van der Waals surface area contributed by atoms with Crippen LogP contribution in [0, 0.1) is 0 Å². The van der Waals surface area contributed by atoms with E-state index in [4.69, 9.17) is 0 Å². The van der Waals surface area contributed by atoms with Gasteiger partial charge in [-0.1, -0.05) is 0 Å². The fourth-order valence-corrected chi connectivity index (χ4v) is 2.46. The van der Waals surface area contributed by atoms with E-state index < -0.39 is 32.7 Å². The minimum absolute atomic E-state index is 0.688. The first kappa shape index (κ1) is 8.90. The minimum Gasteiger partial charge on any atom is -0.243 e. The smallest absolute Gasteiger partial charge is 0.161 e. The molecule has 0 bridgehead atoms. The Balaban J connectivity index is 2.78. The molecule has 1 aliphatic rings. The molecule has 0 amide bonds. The van der Waals surface area contributed by atoms with Crippen LogP contribution in [0.1, 0.15) is 13.8 Å². The molecule has 1 fully saturated rings. The molecule has 0 radical (unpaired) electrons. The van der Waals surface area contributed by atoms with Gasteiger partial charge in [-0.2, -0.15) is 0 Å². The van der Waals surface area contributed by atoms with Crippen LogP contribution in [0.15, 0.2) is 0 Å². The number of alkyl halides is 2. The van der Waals surface area contributed by atoms with E-state index in [0.29, 0.717) is 0 Å². The van der Waals surface area contributed by atoms with Gasteiger partial charge in [0.1, 0.15) is 5.25 Å². The lowest BCUT2D eigenvalue weighted by atomic mass is 10.6. The van der Waals surface area contributed by atoms with Crippen molar-refractivity contribution in [1.82, 2.24) is 0 Å². The molecule has 0 aromatic heterocycles. The van der Waals surface area contributed by atoms with Crippen LogP contribution in [0.4, 0.5) is 8.78 Å². The molecule has 66 valence electrons. The molecule has 1 aliphatic carbocycles. The second kappa shape index (κ2) is 2.40. The molecule has 2 atom stereocenters. The summed E-state index contributed by atoms with van der Waals surface area (Å²) in [5.74, 6) is 0. The van der Waals surface area contributed by atoms with Crippen molar-refractivity contribution in [3.05, 3.63) is 0 Å². The van der Waals surface area contributed by atoms with Crippen molar-refractivity contribution in [2.75, 3.05) is 0 Å². The molecule has 1 rings (SSSR count). The van der Waals surface area contributed by atoms with Gasteiger partial charge in [0.2, 0.25) is 0 Å². The molecule has 0 aromatic carbocycles. The van der Waals surface area contributed by atoms with Crippen molar-refractivity contribution in [2.45, 2.75) is 36.7 Å². The zero-order valence-corrected chi connectivity index (χ0v) is 7.11. The molecular formula is C6H10F2O2S. The van der Waals surface area contributed by atoms with Gasteiger partial charge in [-0.05, 0) is 13.8 Å². The molecule has 0 aliphatic heterocycles. The number of hydrogen-bond donors (Lipinski definition) is 0. The minimum atomic E-state index is -3.55. The summed E-state index contributed by atoms with van der Waals surface area (Å²) in [6, 6.07) is 0. The van der Waals surface area contributed by atoms with Crippen LogP contribution in [0.2, 0.25) is 0 Å². The Morgan fingerprint density at radius 3 is 1.64 bits per heavy atom. The highest BCUT2D eigenvalue weighted by Gasteiger charge is 2.61. The first-order chi connectivity index (χ1) is 4.89. The first-order valence-electron chi connectivity index (χ1n) is 3.40. The molecule has 11 heavy (non-hydrogen) atoms. The fourth-order valence-electron chi connectivity index (χ4n) is 0.893. The van der Waals surface area contributed by atoms with Crippen LogP contribution in [-0.4, -0.2) is 31.3 Å². The van der Waals surface area contributed by atoms with Gasteiger partial charge in [-0.15, -0.1) is 0 Å². The van der Waals surface area contributed by atoms with Crippen molar-refractivity contribution < 1.29 is 17.2 Å². The second-order valence-corrected chi connectivity index (χ2v) is 5.66. The SMILES string of the molecule is CC(C)S(=O)(=O)C1C(F)C1F. The lowest BCUT2D eigenvalue weighted by Gasteiger charge is -2.03. The van der Waals surface area contributed by atoms with Gasteiger partial charge in [0.25, 0.3) is 0 Å². The third kappa shape index (κ3) is 1.26. The zero-order valence-electron chi connectivity index (χ0n) is 6.29. The largest absolute Gasteiger partial charge is 0.243 e. The standard InChI is InChI=1S/C6H10F2O2S/c1-3(2)11(9,10)6-4(7)5(6)8/h3-6H,1-2H3. The predicted octanol–water partition coefficient (Wildman–Crippen LogP) is 0.868. The topological polar surface area (TPSA) is 34.1 Å². The summed E-state index contributed by atoms with van der Waals surface area (Å²) >= 11 is 0. The average molecular weight is 184 g/mol. The van der Waals surface area contributed by atoms with Crippen LogP contribution in [-0.2, 0) is 9.84 Å². The molecule has 1 saturated carbocycles. The molecule has 0 spiro atoms. The Bertz CT molecular complexity index is 239. The molecule has 2 nitrogen and oxygen atoms in total. The molecule has 0 N–H and O–H groups in total. The first-order valence-corrected chi connectivity index (χ1v) is 5.01. The van der Waals surface area contributed by atoms with Crippen molar-refractivity contribution in [2.24, 2.45) is 0 Å². The van der Waals surface area contributed by atoms with E-state index in [-0.39, 0.29) is 0 Å². The van der Waals surface area contributed by atoms with Gasteiger partial charge >= 0.3 is 0 Å². The summed E-state index contributed by atoms with van der Waals surface area (Å²) in [4.78, 5) is 0. The zero-order chi connectivity index (χ0) is 8.81. The summed E-state index contributed by atoms with van der Waals surface area (Å²) in [5.41, 5.74) is 0. The Kier molecular flexibility index (Phi) is 1.94. The molecule has 0 saturated heterocycles. The quantitative estimate of drug-likeness (QED) is 0.638. The summed E-state index contributed by atoms with van der Waals surface area (Å²) in [5, 5.41) is -2.08.